The van der Waals surface area contributed by atoms with E-state index in [2.05, 4.69) is 10.5 Å². The van der Waals surface area contributed by atoms with Gasteiger partial charge in [-0.25, -0.2) is 5.43 Å². The van der Waals surface area contributed by atoms with Crippen LogP contribution in [-0.2, 0) is 0 Å². The van der Waals surface area contributed by atoms with Crippen LogP contribution in [0, 0.1) is 10.1 Å². The average molecular weight is 404 g/mol. The summed E-state index contributed by atoms with van der Waals surface area (Å²) in [4.78, 5) is 22.4. The Hall–Kier alpha value is -3.16. The number of rotatable bonds is 5. The highest BCUT2D eigenvalue weighted by Gasteiger charge is 2.18. The minimum Gasteiger partial charge on any atom is -0.455 e. The van der Waals surface area contributed by atoms with Crippen molar-refractivity contribution < 1.29 is 14.1 Å². The first kappa shape index (κ1) is 18.6. The monoisotopic (exact) mass is 403 g/mol. The minimum atomic E-state index is -0.703. The van der Waals surface area contributed by atoms with Crippen molar-refractivity contribution in [2.75, 3.05) is 0 Å². The number of nitrogens with one attached hydrogen (secondary N) is 1. The SMILES string of the molecule is O=C(N/N=C/c1ccc(-c2ccc(Cl)cc2Cl)o1)c1ccccc1[N+](=O)[O-]. The Morgan fingerprint density at radius 1 is 1.15 bits per heavy atom. The molecular formula is C18H11Cl2N3O4. The lowest BCUT2D eigenvalue weighted by molar-refractivity contribution is -0.385. The van der Waals surface area contributed by atoms with E-state index in [4.69, 9.17) is 27.6 Å². The number of hydrazone groups is 1. The van der Waals surface area contributed by atoms with Crippen molar-refractivity contribution in [3.05, 3.63) is 86.1 Å². The molecule has 3 rings (SSSR count). The molecule has 1 heterocycles. The molecule has 27 heavy (non-hydrogen) atoms. The lowest BCUT2D eigenvalue weighted by atomic mass is 10.2. The number of hydrogen-bond acceptors (Lipinski definition) is 5. The molecule has 0 aliphatic carbocycles. The van der Waals surface area contributed by atoms with Crippen molar-refractivity contribution >= 4 is 41.0 Å². The molecule has 0 atom stereocenters. The highest BCUT2D eigenvalue weighted by Crippen LogP contribution is 2.31. The van der Waals surface area contributed by atoms with Gasteiger partial charge in [-0.1, -0.05) is 35.3 Å². The number of nitro groups is 1. The highest BCUT2D eigenvalue weighted by atomic mass is 35.5. The molecule has 0 aliphatic rings. The molecule has 0 aliphatic heterocycles. The van der Waals surface area contributed by atoms with Crippen LogP contribution in [0.5, 0.6) is 0 Å². The average Bonchev–Trinajstić information content (AvgIpc) is 3.10. The Labute approximate surface area is 163 Å². The summed E-state index contributed by atoms with van der Waals surface area (Å²) >= 11 is 12.0. The van der Waals surface area contributed by atoms with Crippen molar-refractivity contribution in [2.24, 2.45) is 5.10 Å². The van der Waals surface area contributed by atoms with Crippen LogP contribution in [0.1, 0.15) is 16.1 Å². The van der Waals surface area contributed by atoms with E-state index in [1.165, 1.54) is 30.5 Å². The first-order chi connectivity index (χ1) is 13.0. The third-order valence-electron chi connectivity index (χ3n) is 3.53. The standard InChI is InChI=1S/C18H11Cl2N3O4/c19-11-5-7-13(15(20)9-11)17-8-6-12(27-17)10-21-22-18(24)14-3-1-2-4-16(14)23(25)26/h1-10H,(H,22,24)/b21-10+. The van der Waals surface area contributed by atoms with E-state index in [1.807, 2.05) is 0 Å². The zero-order valence-corrected chi connectivity index (χ0v) is 15.1. The van der Waals surface area contributed by atoms with Gasteiger partial charge in [0.25, 0.3) is 11.6 Å². The molecule has 1 aromatic heterocycles. The van der Waals surface area contributed by atoms with E-state index in [1.54, 1.807) is 30.3 Å². The van der Waals surface area contributed by atoms with E-state index in [0.717, 1.165) is 0 Å². The molecule has 1 amide bonds. The van der Waals surface area contributed by atoms with Crippen molar-refractivity contribution in [1.82, 2.24) is 5.43 Å². The molecule has 0 spiro atoms. The maximum atomic E-state index is 12.1. The van der Waals surface area contributed by atoms with Crippen LogP contribution in [0.4, 0.5) is 5.69 Å². The van der Waals surface area contributed by atoms with Gasteiger partial charge in [-0.2, -0.15) is 5.10 Å². The van der Waals surface area contributed by atoms with Gasteiger partial charge < -0.3 is 4.42 Å². The molecule has 2 aromatic carbocycles. The smallest absolute Gasteiger partial charge is 0.282 e. The number of carbonyl (C=O) groups excluding carboxylic acids is 1. The fourth-order valence-electron chi connectivity index (χ4n) is 2.30. The second kappa shape index (κ2) is 8.03. The summed E-state index contributed by atoms with van der Waals surface area (Å²) in [6.07, 6.45) is 1.28. The molecule has 0 fully saturated rings. The molecule has 9 heteroatoms. The van der Waals surface area contributed by atoms with Gasteiger partial charge in [-0.05, 0) is 36.4 Å². The number of furan rings is 1. The fourth-order valence-corrected chi connectivity index (χ4v) is 2.80. The summed E-state index contributed by atoms with van der Waals surface area (Å²) < 4.78 is 5.60. The number of halogens is 2. The van der Waals surface area contributed by atoms with E-state index < -0.39 is 10.8 Å². The van der Waals surface area contributed by atoms with Crippen LogP contribution in [0.2, 0.25) is 10.0 Å². The molecule has 0 saturated carbocycles. The first-order valence-corrected chi connectivity index (χ1v) is 8.33. The maximum absolute atomic E-state index is 12.1. The van der Waals surface area contributed by atoms with Gasteiger partial charge in [0, 0.05) is 16.7 Å². The Kier molecular flexibility index (Phi) is 5.54. The molecule has 136 valence electrons. The number of hydrogen-bond donors (Lipinski definition) is 1. The second-order valence-electron chi connectivity index (χ2n) is 5.30. The zero-order chi connectivity index (χ0) is 19.4. The Bertz CT molecular complexity index is 1050. The molecule has 3 aromatic rings. The minimum absolute atomic E-state index is 0.0901. The first-order valence-electron chi connectivity index (χ1n) is 7.58. The largest absolute Gasteiger partial charge is 0.455 e. The summed E-state index contributed by atoms with van der Waals surface area (Å²) in [5.41, 5.74) is 2.50. The van der Waals surface area contributed by atoms with E-state index in [-0.39, 0.29) is 11.3 Å². The van der Waals surface area contributed by atoms with E-state index >= 15 is 0 Å². The predicted octanol–water partition coefficient (Wildman–Crippen LogP) is 4.93. The molecule has 0 bridgehead atoms. The lowest BCUT2D eigenvalue weighted by Crippen LogP contribution is -2.18. The van der Waals surface area contributed by atoms with Crippen LogP contribution >= 0.6 is 23.2 Å². The van der Waals surface area contributed by atoms with Gasteiger partial charge in [-0.15, -0.1) is 0 Å². The van der Waals surface area contributed by atoms with Crippen LogP contribution in [0.15, 0.2) is 64.1 Å². The fraction of sp³-hybridized carbons (Fsp3) is 0. The summed E-state index contributed by atoms with van der Waals surface area (Å²) in [6.45, 7) is 0. The van der Waals surface area contributed by atoms with Crippen LogP contribution in [0.3, 0.4) is 0 Å². The molecule has 0 saturated heterocycles. The third kappa shape index (κ3) is 4.33. The van der Waals surface area contributed by atoms with Gasteiger partial charge in [0.05, 0.1) is 16.2 Å². The molecule has 0 radical (unpaired) electrons. The number of benzene rings is 2. The molecule has 7 nitrogen and oxygen atoms in total. The van der Waals surface area contributed by atoms with Crippen molar-refractivity contribution in [3.63, 3.8) is 0 Å². The van der Waals surface area contributed by atoms with Crippen LogP contribution < -0.4 is 5.43 Å². The normalized spacial score (nSPS) is 10.9. The van der Waals surface area contributed by atoms with E-state index in [0.29, 0.717) is 27.1 Å². The Morgan fingerprint density at radius 3 is 2.67 bits per heavy atom. The lowest BCUT2D eigenvalue weighted by Gasteiger charge is -2.01. The number of carbonyl (C=O) groups is 1. The van der Waals surface area contributed by atoms with Gasteiger partial charge in [0.2, 0.25) is 0 Å². The Morgan fingerprint density at radius 2 is 1.93 bits per heavy atom. The van der Waals surface area contributed by atoms with Crippen molar-refractivity contribution in [1.29, 1.82) is 0 Å². The third-order valence-corrected chi connectivity index (χ3v) is 4.07. The Balaban J connectivity index is 1.72. The summed E-state index contributed by atoms with van der Waals surface area (Å²) in [5, 5.41) is 15.7. The molecule has 1 N–H and O–H groups in total. The van der Waals surface area contributed by atoms with Gasteiger partial charge >= 0.3 is 0 Å². The van der Waals surface area contributed by atoms with Gasteiger partial charge in [-0.3, -0.25) is 14.9 Å². The van der Waals surface area contributed by atoms with Crippen LogP contribution in [0.25, 0.3) is 11.3 Å². The summed E-state index contributed by atoms with van der Waals surface area (Å²) in [5.74, 6) is 0.160. The quantitative estimate of drug-likeness (QED) is 0.371. The summed E-state index contributed by atoms with van der Waals surface area (Å²) in [6, 6.07) is 13.9. The van der Waals surface area contributed by atoms with Crippen molar-refractivity contribution in [2.45, 2.75) is 0 Å². The highest BCUT2D eigenvalue weighted by molar-refractivity contribution is 6.36. The number of amides is 1. The second-order valence-corrected chi connectivity index (χ2v) is 6.14. The zero-order valence-electron chi connectivity index (χ0n) is 13.6. The van der Waals surface area contributed by atoms with Crippen LogP contribution in [-0.4, -0.2) is 17.0 Å². The predicted molar refractivity (Wildman–Crippen MR) is 102 cm³/mol. The van der Waals surface area contributed by atoms with Crippen molar-refractivity contribution in [3.8, 4) is 11.3 Å². The number of nitrogens with zero attached hydrogens (tertiary/aromatic N) is 2. The topological polar surface area (TPSA) is 97.7 Å². The molecule has 0 unspecified atom stereocenters. The maximum Gasteiger partial charge on any atom is 0.282 e. The van der Waals surface area contributed by atoms with E-state index in [9.17, 15) is 14.9 Å². The van der Waals surface area contributed by atoms with Gasteiger partial charge in [0.15, 0.2) is 0 Å². The number of nitro benzene ring substituents is 1. The molecular weight excluding hydrogens is 393 g/mol. The number of para-hydroxylation sites is 1. The van der Waals surface area contributed by atoms with Gasteiger partial charge in [0.1, 0.15) is 17.1 Å². The summed E-state index contributed by atoms with van der Waals surface area (Å²) in [7, 11) is 0.